The van der Waals surface area contributed by atoms with Crippen LogP contribution in [0.15, 0.2) is 0 Å². The third-order valence-electron chi connectivity index (χ3n) is 3.09. The van der Waals surface area contributed by atoms with E-state index in [9.17, 15) is 29.4 Å². The van der Waals surface area contributed by atoms with Crippen LogP contribution in [0.2, 0.25) is 0 Å². The third-order valence-corrected chi connectivity index (χ3v) is 3.09. The first-order valence-corrected chi connectivity index (χ1v) is 8.14. The van der Waals surface area contributed by atoms with Crippen LogP contribution in [0.4, 0.5) is 0 Å². The highest BCUT2D eigenvalue weighted by atomic mass is 16.4. The van der Waals surface area contributed by atoms with E-state index in [2.05, 4.69) is 22.1 Å². The van der Waals surface area contributed by atoms with Crippen molar-refractivity contribution in [2.24, 2.45) is 11.5 Å². The molecule has 12 heteroatoms. The second-order valence-corrected chi connectivity index (χ2v) is 5.31. The molecule has 0 aromatic rings. The minimum atomic E-state index is -1.31. The molecule has 2 amide bonds. The molecule has 2 unspecified atom stereocenters. The van der Waals surface area contributed by atoms with Crippen LogP contribution in [0.25, 0.3) is 0 Å². The molecule has 0 rings (SSSR count). The van der Waals surface area contributed by atoms with E-state index in [1.807, 2.05) is 0 Å². The fourth-order valence-electron chi connectivity index (χ4n) is 2.04. The summed E-state index contributed by atoms with van der Waals surface area (Å²) in [6.45, 7) is 1.91. The van der Waals surface area contributed by atoms with Gasteiger partial charge in [0.05, 0.1) is 11.9 Å². The molecule has 0 aliphatic rings. The molecular weight excluding hydrogens is 372 g/mol. The van der Waals surface area contributed by atoms with Gasteiger partial charge in [-0.2, -0.15) is 0 Å². The Balaban J connectivity index is -0.000000538. The summed E-state index contributed by atoms with van der Waals surface area (Å²) in [7, 11) is 1.43. The maximum Gasteiger partial charge on any atom is 0.275 e. The number of nitrogens with two attached hydrogens (primary N) is 2. The quantitative estimate of drug-likeness (QED) is 0.170. The van der Waals surface area contributed by atoms with Crippen molar-refractivity contribution in [2.45, 2.75) is 21.8 Å². The van der Waals surface area contributed by atoms with Crippen molar-refractivity contribution in [1.29, 1.82) is 0 Å². The molecule has 0 aliphatic heterocycles. The zero-order valence-corrected chi connectivity index (χ0v) is 15.3. The predicted molar refractivity (Wildman–Crippen MR) is 101 cm³/mol. The number of carboxylic acids is 2. The van der Waals surface area contributed by atoms with Gasteiger partial charge in [-0.1, -0.05) is 14.9 Å². The predicted octanol–water partition coefficient (Wildman–Crippen LogP) is -7.73. The Bertz CT molecular complexity index is 449. The number of carbonyl (C=O) groups is 4. The largest absolute Gasteiger partial charge is 0.544 e. The number of quaternary nitrogens is 2. The highest BCUT2D eigenvalue weighted by Crippen LogP contribution is 1.62. The molecule has 2 atom stereocenters. The van der Waals surface area contributed by atoms with Gasteiger partial charge in [0.15, 0.2) is 13.1 Å². The van der Waals surface area contributed by atoms with Gasteiger partial charge >= 0.3 is 0 Å². The van der Waals surface area contributed by atoms with Crippen molar-refractivity contribution in [3.05, 3.63) is 0 Å². The van der Waals surface area contributed by atoms with Crippen LogP contribution in [0.3, 0.4) is 0 Å². The highest BCUT2D eigenvalue weighted by Gasteiger charge is 2.19. The van der Waals surface area contributed by atoms with Crippen molar-refractivity contribution in [3.8, 4) is 0 Å². The van der Waals surface area contributed by atoms with Crippen molar-refractivity contribution in [3.63, 3.8) is 0 Å². The minimum absolute atomic E-state index is 0. The van der Waals surface area contributed by atoms with Gasteiger partial charge in [-0.3, -0.25) is 9.59 Å². The van der Waals surface area contributed by atoms with E-state index < -0.39 is 11.9 Å². The van der Waals surface area contributed by atoms with Gasteiger partial charge in [-0.15, -0.1) is 0 Å². The molecule has 0 heterocycles. The average Bonchev–Trinajstić information content (AvgIpc) is 2.52. The molecule has 0 spiro atoms. The van der Waals surface area contributed by atoms with E-state index in [0.717, 1.165) is 0 Å². The first-order valence-electron chi connectivity index (χ1n) is 8.14. The van der Waals surface area contributed by atoms with Crippen molar-refractivity contribution in [1.82, 2.24) is 10.6 Å². The fraction of sp³-hybridized carbons (Fsp3) is 0.750. The molecular formula is C16H38N6O6. The molecule has 12 nitrogen and oxygen atoms in total. The lowest BCUT2D eigenvalue weighted by atomic mass is 10.3. The fourth-order valence-corrected chi connectivity index (χ4v) is 2.04. The Labute approximate surface area is 167 Å². The molecule has 0 aromatic carbocycles. The van der Waals surface area contributed by atoms with E-state index in [4.69, 9.17) is 0 Å². The number of hydrogen-bond acceptors (Lipinski definition) is 8. The van der Waals surface area contributed by atoms with E-state index in [-0.39, 0.29) is 72.6 Å². The minimum Gasteiger partial charge on any atom is -0.544 e. The lowest BCUT2D eigenvalue weighted by Crippen LogP contribution is -3.22. The smallest absolute Gasteiger partial charge is 0.275 e. The van der Waals surface area contributed by atoms with Gasteiger partial charge in [0.2, 0.25) is 0 Å². The highest BCUT2D eigenvalue weighted by molar-refractivity contribution is 5.77. The first-order chi connectivity index (χ1) is 12.2. The van der Waals surface area contributed by atoms with Gasteiger partial charge in [-0.05, 0) is 6.92 Å². The van der Waals surface area contributed by atoms with Crippen molar-refractivity contribution < 1.29 is 39.2 Å². The monoisotopic (exact) mass is 410 g/mol. The van der Waals surface area contributed by atoms with Crippen LogP contribution in [0.5, 0.6) is 0 Å². The van der Waals surface area contributed by atoms with Crippen LogP contribution in [-0.4, -0.2) is 83.3 Å². The molecule has 0 bridgehead atoms. The molecule has 0 aromatic heterocycles. The summed E-state index contributed by atoms with van der Waals surface area (Å²) in [5, 5.41) is 26.4. The van der Waals surface area contributed by atoms with Gasteiger partial charge in [-0.25, -0.2) is 0 Å². The Hall–Kier alpha value is -2.28. The summed E-state index contributed by atoms with van der Waals surface area (Å²) < 4.78 is 0. The summed E-state index contributed by atoms with van der Waals surface area (Å²) in [6.07, 6.45) is 0. The van der Waals surface area contributed by atoms with Crippen LogP contribution in [0, 0.1) is 0 Å². The van der Waals surface area contributed by atoms with Gasteiger partial charge in [0.25, 0.3) is 11.8 Å². The molecule has 168 valence electrons. The number of likely N-dealkylation sites (N-methyl/N-ethyl adjacent to an activating group) is 2. The second kappa shape index (κ2) is 21.0. The molecule has 0 saturated heterocycles. The van der Waals surface area contributed by atoms with Gasteiger partial charge < -0.3 is 51.7 Å². The normalized spacial score (nSPS) is 11.3. The molecule has 0 radical (unpaired) electrons. The van der Waals surface area contributed by atoms with Crippen molar-refractivity contribution in [2.75, 3.05) is 59.5 Å². The van der Waals surface area contributed by atoms with E-state index in [1.54, 1.807) is 6.92 Å². The van der Waals surface area contributed by atoms with Crippen LogP contribution in [-0.2, 0) is 19.2 Å². The van der Waals surface area contributed by atoms with Crippen molar-refractivity contribution >= 4 is 23.8 Å². The Kier molecular flexibility index (Phi) is 25.0. The Morgan fingerprint density at radius 1 is 0.821 bits per heavy atom. The summed E-state index contributed by atoms with van der Waals surface area (Å²) in [6, 6.07) is 0. The van der Waals surface area contributed by atoms with E-state index in [1.165, 1.54) is 7.05 Å². The standard InChI is InChI=1S/C13H24N4O6.CH6N2.2CH4/c1-3-15-11(19)7-17(9-13(22)23)5-4-16(8-12(20)21)6-10(18)14-2;2-1-3;;/h3-9H2,1-2H3,(H,14,18)(H,15,19)(H,20,21)(H,22,23);1-3H2;2*1H4. The van der Waals surface area contributed by atoms with E-state index in [0.29, 0.717) is 16.3 Å². The van der Waals surface area contributed by atoms with Gasteiger partial charge in [0.1, 0.15) is 26.2 Å². The first kappa shape index (κ1) is 33.3. The molecule has 0 fully saturated rings. The zero-order chi connectivity index (χ0) is 20.5. The molecule has 8 N–H and O–H groups in total. The SMILES string of the molecule is C.C.CCNC(=O)C[NH+](CC[NH+](CC(=O)[O-])CC(=O)NC)CC(=O)[O-].NCN. The molecule has 0 aliphatic carbocycles. The Morgan fingerprint density at radius 3 is 1.46 bits per heavy atom. The summed E-state index contributed by atoms with van der Waals surface area (Å²) in [5.41, 5.74) is 9.25. The Morgan fingerprint density at radius 2 is 1.18 bits per heavy atom. The topological polar surface area (TPSA) is 199 Å². The lowest BCUT2D eigenvalue weighted by molar-refractivity contribution is -0.944. The van der Waals surface area contributed by atoms with Crippen LogP contribution < -0.4 is 42.1 Å². The summed E-state index contributed by atoms with van der Waals surface area (Å²) in [4.78, 5) is 45.2. The van der Waals surface area contributed by atoms with Gasteiger partial charge in [0, 0.05) is 20.3 Å². The summed E-state index contributed by atoms with van der Waals surface area (Å²) >= 11 is 0. The number of rotatable bonds is 12. The van der Waals surface area contributed by atoms with E-state index >= 15 is 0 Å². The number of hydrogen-bond donors (Lipinski definition) is 6. The maximum atomic E-state index is 11.6. The lowest BCUT2D eigenvalue weighted by Gasteiger charge is -2.23. The molecule has 0 saturated carbocycles. The number of carboxylic acid groups (broad SMARTS) is 2. The molecule has 28 heavy (non-hydrogen) atoms. The number of aliphatic carboxylic acids is 2. The van der Waals surface area contributed by atoms with Crippen LogP contribution >= 0.6 is 0 Å². The number of nitrogens with one attached hydrogen (secondary N) is 4. The summed E-state index contributed by atoms with van der Waals surface area (Å²) in [5.74, 6) is -3.27. The van der Waals surface area contributed by atoms with Crippen LogP contribution in [0.1, 0.15) is 21.8 Å². The average molecular weight is 411 g/mol. The zero-order valence-electron chi connectivity index (χ0n) is 15.3. The maximum absolute atomic E-state index is 11.6. The third kappa shape index (κ3) is 21.8. The number of amides is 2. The number of carbonyl (C=O) groups excluding carboxylic acids is 4. The second-order valence-electron chi connectivity index (χ2n) is 5.31.